The molecule has 1 fully saturated rings. The number of carbonyl (C=O) groups excluding carboxylic acids is 1. The Labute approximate surface area is 95.8 Å². The van der Waals surface area contributed by atoms with Crippen molar-refractivity contribution >= 4 is 13.1 Å². The zero-order valence-corrected chi connectivity index (χ0v) is 11.2. The largest absolute Gasteiger partial charge is 0.452 e. The van der Waals surface area contributed by atoms with Gasteiger partial charge in [-0.1, -0.05) is 0 Å². The van der Waals surface area contributed by atoms with Gasteiger partial charge in [0.15, 0.2) is 11.6 Å². The first-order valence-corrected chi connectivity index (χ1v) is 7.82. The van der Waals surface area contributed by atoms with Crippen LogP contribution >= 0.6 is 7.14 Å². The van der Waals surface area contributed by atoms with Crippen molar-refractivity contribution < 1.29 is 23.6 Å². The Morgan fingerprint density at radius 3 is 2.38 bits per heavy atom. The third-order valence-electron chi connectivity index (χ3n) is 2.25. The molecule has 0 bridgehead atoms. The van der Waals surface area contributed by atoms with Gasteiger partial charge in [-0.3, -0.25) is 4.79 Å². The van der Waals surface area contributed by atoms with Gasteiger partial charge in [-0.05, 0) is 27.2 Å². The topological polar surface area (TPSA) is 61.8 Å². The second-order valence-corrected chi connectivity index (χ2v) is 8.18. The van der Waals surface area contributed by atoms with Crippen LogP contribution in [0.25, 0.3) is 0 Å². The fourth-order valence-electron chi connectivity index (χ4n) is 1.63. The summed E-state index contributed by atoms with van der Waals surface area (Å²) in [6, 6.07) is 0. The molecule has 6 heteroatoms. The van der Waals surface area contributed by atoms with E-state index >= 15 is 0 Å². The summed E-state index contributed by atoms with van der Waals surface area (Å²) in [5.74, 6) is -1.90. The van der Waals surface area contributed by atoms with Crippen LogP contribution in [0.1, 0.15) is 20.8 Å². The van der Waals surface area contributed by atoms with Crippen LogP contribution in [0.15, 0.2) is 0 Å². The Morgan fingerprint density at radius 1 is 1.50 bits per heavy atom. The molecule has 5 nitrogen and oxygen atoms in total. The number of hydrogen-bond acceptors (Lipinski definition) is 5. The first kappa shape index (κ1) is 13.7. The average molecular weight is 250 g/mol. The molecule has 1 heterocycles. The van der Waals surface area contributed by atoms with E-state index in [1.54, 1.807) is 27.2 Å². The lowest BCUT2D eigenvalue weighted by Gasteiger charge is -2.26. The van der Waals surface area contributed by atoms with E-state index < -0.39 is 30.8 Å². The van der Waals surface area contributed by atoms with E-state index in [2.05, 4.69) is 0 Å². The first-order valence-electron chi connectivity index (χ1n) is 5.15. The standard InChI is InChI=1S/C10H19O5P/c1-7(11)14-9(16(4,5)12)8-6-13-10(2,3)15-8/h8-9H,6H2,1-5H3/t8?,9-/m1/s1. The van der Waals surface area contributed by atoms with Crippen molar-refractivity contribution in [1.82, 2.24) is 0 Å². The van der Waals surface area contributed by atoms with Gasteiger partial charge in [-0.15, -0.1) is 0 Å². The maximum Gasteiger partial charge on any atom is 0.303 e. The van der Waals surface area contributed by atoms with E-state index in [0.717, 1.165) is 0 Å². The molecule has 0 aromatic rings. The molecule has 0 spiro atoms. The lowest BCUT2D eigenvalue weighted by Crippen LogP contribution is -2.33. The summed E-state index contributed by atoms with van der Waals surface area (Å²) in [5, 5.41) is 0. The van der Waals surface area contributed by atoms with Crippen molar-refractivity contribution in [3.63, 3.8) is 0 Å². The van der Waals surface area contributed by atoms with E-state index in [1.165, 1.54) is 6.92 Å². The summed E-state index contributed by atoms with van der Waals surface area (Å²) in [6.07, 6.45) is -0.459. The fourth-order valence-corrected chi connectivity index (χ4v) is 2.98. The van der Waals surface area contributed by atoms with Crippen LogP contribution in [-0.2, 0) is 23.6 Å². The molecular weight excluding hydrogens is 231 g/mol. The monoisotopic (exact) mass is 250 g/mol. The van der Waals surface area contributed by atoms with Crippen LogP contribution in [0.3, 0.4) is 0 Å². The Balaban J connectivity index is 2.79. The second kappa shape index (κ2) is 4.47. The summed E-state index contributed by atoms with van der Waals surface area (Å²) >= 11 is 0. The molecule has 1 aliphatic rings. The molecular formula is C10H19O5P. The molecule has 16 heavy (non-hydrogen) atoms. The molecule has 1 unspecified atom stereocenters. The summed E-state index contributed by atoms with van der Waals surface area (Å²) < 4.78 is 28.1. The quantitative estimate of drug-likeness (QED) is 0.563. The number of hydrogen-bond donors (Lipinski definition) is 0. The highest BCUT2D eigenvalue weighted by Crippen LogP contribution is 2.47. The maximum absolute atomic E-state index is 12.0. The summed E-state index contributed by atoms with van der Waals surface area (Å²) in [7, 11) is -2.58. The maximum atomic E-state index is 12.0. The smallest absolute Gasteiger partial charge is 0.303 e. The molecule has 0 aromatic carbocycles. The third kappa shape index (κ3) is 3.58. The van der Waals surface area contributed by atoms with Crippen LogP contribution in [0.5, 0.6) is 0 Å². The minimum absolute atomic E-state index is 0.288. The molecule has 1 aliphatic heterocycles. The molecule has 0 amide bonds. The Kier molecular flexibility index (Phi) is 3.83. The van der Waals surface area contributed by atoms with Crippen molar-refractivity contribution in [3.8, 4) is 0 Å². The van der Waals surface area contributed by atoms with Crippen LogP contribution < -0.4 is 0 Å². The van der Waals surface area contributed by atoms with Crippen molar-refractivity contribution in [2.45, 2.75) is 38.5 Å². The minimum atomic E-state index is -2.58. The van der Waals surface area contributed by atoms with Gasteiger partial charge in [0.2, 0.25) is 0 Å². The van der Waals surface area contributed by atoms with Gasteiger partial charge in [-0.25, -0.2) is 0 Å². The van der Waals surface area contributed by atoms with Crippen molar-refractivity contribution in [2.24, 2.45) is 0 Å². The molecule has 0 aliphatic carbocycles. The zero-order valence-electron chi connectivity index (χ0n) is 10.4. The first-order chi connectivity index (χ1) is 7.12. The van der Waals surface area contributed by atoms with Gasteiger partial charge in [0.25, 0.3) is 0 Å². The van der Waals surface area contributed by atoms with Gasteiger partial charge in [0, 0.05) is 6.92 Å². The van der Waals surface area contributed by atoms with Gasteiger partial charge in [0.05, 0.1) is 6.61 Å². The molecule has 94 valence electrons. The van der Waals surface area contributed by atoms with Crippen LogP contribution in [0.4, 0.5) is 0 Å². The predicted octanol–water partition coefficient (Wildman–Crippen LogP) is 1.65. The van der Waals surface area contributed by atoms with Crippen LogP contribution in [0, 0.1) is 0 Å². The normalized spacial score (nSPS) is 26.4. The highest BCUT2D eigenvalue weighted by molar-refractivity contribution is 7.63. The fraction of sp³-hybridized carbons (Fsp3) is 0.900. The number of carbonyl (C=O) groups is 1. The number of rotatable bonds is 3. The van der Waals surface area contributed by atoms with E-state index in [9.17, 15) is 9.36 Å². The van der Waals surface area contributed by atoms with Crippen molar-refractivity contribution in [3.05, 3.63) is 0 Å². The second-order valence-electron chi connectivity index (χ2n) is 4.80. The molecule has 1 saturated heterocycles. The molecule has 0 saturated carbocycles. The van der Waals surface area contributed by atoms with Gasteiger partial charge in [0.1, 0.15) is 13.2 Å². The average Bonchev–Trinajstić information content (AvgIpc) is 2.39. The number of esters is 1. The van der Waals surface area contributed by atoms with Crippen LogP contribution in [-0.4, -0.2) is 43.6 Å². The zero-order chi connectivity index (χ0) is 12.6. The van der Waals surface area contributed by atoms with Gasteiger partial charge in [-0.2, -0.15) is 0 Å². The molecule has 0 radical (unpaired) electrons. The van der Waals surface area contributed by atoms with Crippen LogP contribution in [0.2, 0.25) is 0 Å². The highest BCUT2D eigenvalue weighted by atomic mass is 31.2. The lowest BCUT2D eigenvalue weighted by atomic mass is 10.4. The Bertz CT molecular complexity index is 319. The lowest BCUT2D eigenvalue weighted by molar-refractivity contribution is -0.161. The SMILES string of the molecule is CC(=O)O[C@@H](C1COC(C)(C)O1)P(C)(C)=O. The minimum Gasteiger partial charge on any atom is -0.452 e. The van der Waals surface area contributed by atoms with E-state index in [4.69, 9.17) is 14.2 Å². The summed E-state index contributed by atoms with van der Waals surface area (Å²) in [6.45, 7) is 8.28. The van der Waals surface area contributed by atoms with E-state index in [0.29, 0.717) is 0 Å². The van der Waals surface area contributed by atoms with Gasteiger partial charge >= 0.3 is 5.97 Å². The van der Waals surface area contributed by atoms with E-state index in [1.807, 2.05) is 0 Å². The molecule has 0 aromatic heterocycles. The van der Waals surface area contributed by atoms with Crippen molar-refractivity contribution in [2.75, 3.05) is 19.9 Å². The summed E-state index contributed by atoms with van der Waals surface area (Å²) in [5.41, 5.74) is 0. The highest BCUT2D eigenvalue weighted by Gasteiger charge is 2.43. The Morgan fingerprint density at radius 2 is 2.06 bits per heavy atom. The molecule has 2 atom stereocenters. The van der Waals surface area contributed by atoms with Crippen molar-refractivity contribution in [1.29, 1.82) is 0 Å². The number of ether oxygens (including phenoxy) is 3. The molecule has 0 N–H and O–H groups in total. The predicted molar refractivity (Wildman–Crippen MR) is 59.9 cm³/mol. The van der Waals surface area contributed by atoms with Gasteiger partial charge < -0.3 is 18.8 Å². The third-order valence-corrected chi connectivity index (χ3v) is 3.91. The molecule has 1 rings (SSSR count). The van der Waals surface area contributed by atoms with E-state index in [-0.39, 0.29) is 6.61 Å². The Hall–Kier alpha value is -0.380. The summed E-state index contributed by atoms with van der Waals surface area (Å²) in [4.78, 5) is 11.0.